The quantitative estimate of drug-likeness (QED) is 0.626. The average molecular weight is 434 g/mol. The number of aryl methyl sites for hydroxylation is 2. The van der Waals surface area contributed by atoms with Crippen LogP contribution in [0, 0.1) is 0 Å². The summed E-state index contributed by atoms with van der Waals surface area (Å²) in [5, 5.41) is 8.76. The van der Waals surface area contributed by atoms with Crippen molar-refractivity contribution >= 4 is 16.8 Å². The number of hydrogen-bond acceptors (Lipinski definition) is 4. The minimum Gasteiger partial charge on any atom is -0.361 e. The second-order valence-electron chi connectivity index (χ2n) is 9.02. The van der Waals surface area contributed by atoms with E-state index in [9.17, 15) is 9.59 Å². The van der Waals surface area contributed by atoms with Crippen molar-refractivity contribution in [1.82, 2.24) is 25.0 Å². The van der Waals surface area contributed by atoms with Crippen LogP contribution in [0.3, 0.4) is 0 Å². The van der Waals surface area contributed by atoms with Crippen LogP contribution in [0.4, 0.5) is 0 Å². The highest BCUT2D eigenvalue weighted by atomic mass is 16.1. The molecule has 7 nitrogen and oxygen atoms in total. The topological polar surface area (TPSA) is 83.0 Å². The SMILES string of the molecule is O=C(NCC1CCCCN1CCn1nc2c(cc1=O)CCCC2)c1cccc2[nH]ccc12. The predicted octanol–water partition coefficient (Wildman–Crippen LogP) is 2.89. The van der Waals surface area contributed by atoms with Crippen LogP contribution in [0.1, 0.15) is 53.7 Å². The number of carbonyl (C=O) groups excluding carboxylic acids is 1. The van der Waals surface area contributed by atoms with Gasteiger partial charge in [-0.1, -0.05) is 12.5 Å². The zero-order valence-electron chi connectivity index (χ0n) is 18.5. The Kier molecular flexibility index (Phi) is 6.08. The Morgan fingerprint density at radius 3 is 2.97 bits per heavy atom. The third kappa shape index (κ3) is 4.35. The third-order valence-corrected chi connectivity index (χ3v) is 6.96. The standard InChI is InChI=1S/C25H31N5O2/c31-24-16-18-6-1-2-9-22(18)28-30(24)15-14-29-13-4-3-7-19(29)17-27-25(32)21-8-5-10-23-20(21)11-12-26-23/h5,8,10-12,16,19,26H,1-4,6-7,9,13-15,17H2,(H,27,32). The molecular weight excluding hydrogens is 402 g/mol. The van der Waals surface area contributed by atoms with E-state index in [0.717, 1.165) is 73.8 Å². The van der Waals surface area contributed by atoms with E-state index in [0.29, 0.717) is 18.7 Å². The van der Waals surface area contributed by atoms with Gasteiger partial charge in [0.15, 0.2) is 0 Å². The molecule has 1 atom stereocenters. The predicted molar refractivity (Wildman–Crippen MR) is 125 cm³/mol. The molecule has 1 aromatic carbocycles. The Hall–Kier alpha value is -2.93. The van der Waals surface area contributed by atoms with Gasteiger partial charge in [-0.05, 0) is 68.8 Å². The Labute approximate surface area is 187 Å². The zero-order valence-corrected chi connectivity index (χ0v) is 18.5. The molecule has 1 aliphatic heterocycles. The number of fused-ring (bicyclic) bond motifs is 2. The summed E-state index contributed by atoms with van der Waals surface area (Å²) in [6, 6.07) is 9.78. The van der Waals surface area contributed by atoms with Gasteiger partial charge in [0.2, 0.25) is 0 Å². The van der Waals surface area contributed by atoms with Crippen LogP contribution in [0.5, 0.6) is 0 Å². The summed E-state index contributed by atoms with van der Waals surface area (Å²) in [6.07, 6.45) is 9.49. The van der Waals surface area contributed by atoms with Crippen LogP contribution in [-0.2, 0) is 19.4 Å². The number of nitrogens with zero attached hydrogens (tertiary/aromatic N) is 3. The summed E-state index contributed by atoms with van der Waals surface area (Å²) in [4.78, 5) is 31.0. The number of carbonyl (C=O) groups is 1. The van der Waals surface area contributed by atoms with Crippen molar-refractivity contribution in [3.05, 3.63) is 63.7 Å². The summed E-state index contributed by atoms with van der Waals surface area (Å²) in [5.41, 5.74) is 3.91. The summed E-state index contributed by atoms with van der Waals surface area (Å²) in [7, 11) is 0. The van der Waals surface area contributed by atoms with Crippen LogP contribution < -0.4 is 10.9 Å². The van der Waals surface area contributed by atoms with Crippen molar-refractivity contribution in [2.75, 3.05) is 19.6 Å². The lowest BCUT2D eigenvalue weighted by Crippen LogP contribution is -2.48. The molecule has 7 heteroatoms. The van der Waals surface area contributed by atoms with Gasteiger partial charge in [0, 0.05) is 47.9 Å². The number of aromatic amines is 1. The van der Waals surface area contributed by atoms with Crippen molar-refractivity contribution in [2.45, 2.75) is 57.5 Å². The first kappa shape index (κ1) is 20.9. The molecule has 5 rings (SSSR count). The third-order valence-electron chi connectivity index (χ3n) is 6.96. The number of H-pyrrole nitrogens is 1. The van der Waals surface area contributed by atoms with Crippen molar-refractivity contribution in [1.29, 1.82) is 0 Å². The molecule has 3 aromatic rings. The van der Waals surface area contributed by atoms with Crippen molar-refractivity contribution in [2.24, 2.45) is 0 Å². The fraction of sp³-hybridized carbons (Fsp3) is 0.480. The van der Waals surface area contributed by atoms with E-state index < -0.39 is 0 Å². The maximum Gasteiger partial charge on any atom is 0.267 e. The maximum absolute atomic E-state index is 12.9. The van der Waals surface area contributed by atoms with E-state index in [1.54, 1.807) is 10.7 Å². The van der Waals surface area contributed by atoms with Crippen LogP contribution in [0.2, 0.25) is 0 Å². The molecule has 1 saturated heterocycles. The van der Waals surface area contributed by atoms with Gasteiger partial charge in [-0.3, -0.25) is 14.5 Å². The van der Waals surface area contributed by atoms with E-state index in [1.165, 1.54) is 6.42 Å². The Balaban J connectivity index is 1.22. The second-order valence-corrected chi connectivity index (χ2v) is 9.02. The monoisotopic (exact) mass is 433 g/mol. The lowest BCUT2D eigenvalue weighted by molar-refractivity contribution is 0.0910. The van der Waals surface area contributed by atoms with E-state index in [-0.39, 0.29) is 17.5 Å². The van der Waals surface area contributed by atoms with Gasteiger partial charge in [-0.2, -0.15) is 5.10 Å². The van der Waals surface area contributed by atoms with Crippen molar-refractivity contribution < 1.29 is 4.79 Å². The number of amides is 1. The van der Waals surface area contributed by atoms with Crippen molar-refractivity contribution in [3.8, 4) is 0 Å². The van der Waals surface area contributed by atoms with Gasteiger partial charge < -0.3 is 10.3 Å². The first-order chi connectivity index (χ1) is 15.7. The Bertz CT molecular complexity index is 1160. The first-order valence-corrected chi connectivity index (χ1v) is 11.9. The lowest BCUT2D eigenvalue weighted by Gasteiger charge is -2.35. The molecule has 2 aliphatic rings. The molecule has 32 heavy (non-hydrogen) atoms. The minimum atomic E-state index is -0.0340. The Morgan fingerprint density at radius 1 is 1.12 bits per heavy atom. The molecule has 1 amide bonds. The lowest BCUT2D eigenvalue weighted by atomic mass is 9.97. The molecule has 1 aliphatic carbocycles. The highest BCUT2D eigenvalue weighted by Gasteiger charge is 2.24. The van der Waals surface area contributed by atoms with Crippen LogP contribution in [-0.4, -0.2) is 51.2 Å². The van der Waals surface area contributed by atoms with E-state index in [4.69, 9.17) is 0 Å². The highest BCUT2D eigenvalue weighted by Crippen LogP contribution is 2.20. The molecule has 0 bridgehead atoms. The van der Waals surface area contributed by atoms with Crippen molar-refractivity contribution in [3.63, 3.8) is 0 Å². The Morgan fingerprint density at radius 2 is 2.03 bits per heavy atom. The normalized spacial score (nSPS) is 19.1. The maximum atomic E-state index is 12.9. The highest BCUT2D eigenvalue weighted by molar-refractivity contribution is 6.06. The summed E-state index contributed by atoms with van der Waals surface area (Å²) >= 11 is 0. The number of likely N-dealkylation sites (tertiary alicyclic amines) is 1. The number of hydrogen-bond donors (Lipinski definition) is 2. The molecule has 3 heterocycles. The second kappa shape index (κ2) is 9.28. The smallest absolute Gasteiger partial charge is 0.267 e. The number of rotatable bonds is 6. The largest absolute Gasteiger partial charge is 0.361 e. The van der Waals surface area contributed by atoms with Gasteiger partial charge >= 0.3 is 0 Å². The van der Waals surface area contributed by atoms with E-state index in [2.05, 4.69) is 20.3 Å². The number of aromatic nitrogens is 3. The number of nitrogens with one attached hydrogen (secondary N) is 2. The minimum absolute atomic E-state index is 0.00658. The van der Waals surface area contributed by atoms with Gasteiger partial charge in [0.1, 0.15) is 0 Å². The summed E-state index contributed by atoms with van der Waals surface area (Å²) in [5.74, 6) is -0.0340. The fourth-order valence-electron chi connectivity index (χ4n) is 5.16. The molecule has 1 fully saturated rings. The molecule has 2 aromatic heterocycles. The number of piperidine rings is 1. The van der Waals surface area contributed by atoms with Crippen LogP contribution >= 0.6 is 0 Å². The van der Waals surface area contributed by atoms with Gasteiger partial charge in [0.25, 0.3) is 11.5 Å². The van der Waals surface area contributed by atoms with Gasteiger partial charge in [0.05, 0.1) is 12.2 Å². The summed E-state index contributed by atoms with van der Waals surface area (Å²) < 4.78 is 1.64. The van der Waals surface area contributed by atoms with Crippen LogP contribution in [0.15, 0.2) is 41.3 Å². The van der Waals surface area contributed by atoms with E-state index in [1.807, 2.05) is 30.5 Å². The molecule has 0 saturated carbocycles. The number of benzene rings is 1. The fourth-order valence-corrected chi connectivity index (χ4v) is 5.16. The van der Waals surface area contributed by atoms with Gasteiger partial charge in [-0.25, -0.2) is 4.68 Å². The van der Waals surface area contributed by atoms with Crippen LogP contribution in [0.25, 0.3) is 10.9 Å². The van der Waals surface area contributed by atoms with Gasteiger partial charge in [-0.15, -0.1) is 0 Å². The average Bonchev–Trinajstić information content (AvgIpc) is 3.31. The molecule has 1 unspecified atom stereocenters. The molecular formula is C25H31N5O2. The van der Waals surface area contributed by atoms with E-state index >= 15 is 0 Å². The first-order valence-electron chi connectivity index (χ1n) is 11.9. The molecule has 2 N–H and O–H groups in total. The zero-order chi connectivity index (χ0) is 21.9. The molecule has 168 valence electrons. The molecule has 0 radical (unpaired) electrons. The molecule has 0 spiro atoms. The summed E-state index contributed by atoms with van der Waals surface area (Å²) in [6.45, 7) is 2.98.